The lowest BCUT2D eigenvalue weighted by Gasteiger charge is -2.13. The lowest BCUT2D eigenvalue weighted by atomic mass is 10.1. The zero-order valence-corrected chi connectivity index (χ0v) is 20.6. The standard InChI is InChI=1S/C27H28FN3O5/c1-27(2)23(25(32)30-14-5-6-14)24(27)26(33)31-18-8-7-15(11-17(18)28)36-20-9-10-29-19-13-22(35-4)21(34-3)12-16(19)20/h7-14,23-24H,5-6H2,1-4H3,(H,30,32)(H,31,33)/t23-,24+/m1/s1. The van der Waals surface area contributed by atoms with Gasteiger partial charge in [-0.25, -0.2) is 4.39 Å². The van der Waals surface area contributed by atoms with Crippen LogP contribution in [0.4, 0.5) is 10.1 Å². The minimum atomic E-state index is -0.643. The average Bonchev–Trinajstić information content (AvgIpc) is 3.76. The number of methoxy groups -OCH3 is 2. The van der Waals surface area contributed by atoms with Gasteiger partial charge in [0.25, 0.3) is 0 Å². The summed E-state index contributed by atoms with van der Waals surface area (Å²) in [6.45, 7) is 3.76. The fourth-order valence-corrected chi connectivity index (χ4v) is 4.67. The van der Waals surface area contributed by atoms with Gasteiger partial charge in [-0.2, -0.15) is 0 Å². The van der Waals surface area contributed by atoms with Crippen LogP contribution in [0.5, 0.6) is 23.0 Å². The number of nitrogens with zero attached hydrogens (tertiary/aromatic N) is 1. The minimum Gasteiger partial charge on any atom is -0.493 e. The number of fused-ring (bicyclic) bond motifs is 1. The summed E-state index contributed by atoms with van der Waals surface area (Å²) in [5.41, 5.74) is 0.179. The average molecular weight is 494 g/mol. The van der Waals surface area contributed by atoms with Gasteiger partial charge in [0.1, 0.15) is 17.3 Å². The highest BCUT2D eigenvalue weighted by Gasteiger charge is 2.65. The van der Waals surface area contributed by atoms with Crippen LogP contribution in [-0.2, 0) is 9.59 Å². The maximum absolute atomic E-state index is 14.9. The zero-order chi connectivity index (χ0) is 25.6. The second-order valence-corrected chi connectivity index (χ2v) is 9.83. The molecule has 2 saturated carbocycles. The molecule has 2 N–H and O–H groups in total. The van der Waals surface area contributed by atoms with Crippen LogP contribution in [0, 0.1) is 23.1 Å². The van der Waals surface area contributed by atoms with Crippen LogP contribution in [0.25, 0.3) is 10.9 Å². The number of halogens is 1. The highest BCUT2D eigenvalue weighted by Crippen LogP contribution is 2.59. The number of pyridine rings is 1. The van der Waals surface area contributed by atoms with Crippen LogP contribution >= 0.6 is 0 Å². The summed E-state index contributed by atoms with van der Waals surface area (Å²) in [6.07, 6.45) is 3.54. The maximum atomic E-state index is 14.9. The fraction of sp³-hybridized carbons (Fsp3) is 0.370. The molecule has 0 radical (unpaired) electrons. The molecule has 2 aliphatic rings. The van der Waals surface area contributed by atoms with E-state index in [0.29, 0.717) is 28.2 Å². The van der Waals surface area contributed by atoms with E-state index in [1.807, 2.05) is 13.8 Å². The molecule has 2 atom stereocenters. The predicted octanol–water partition coefficient (Wildman–Crippen LogP) is 4.67. The molecule has 36 heavy (non-hydrogen) atoms. The quantitative estimate of drug-likeness (QED) is 0.473. The molecule has 5 rings (SSSR count). The maximum Gasteiger partial charge on any atom is 0.228 e. The molecule has 2 aromatic carbocycles. The van der Waals surface area contributed by atoms with Crippen molar-refractivity contribution in [3.8, 4) is 23.0 Å². The Labute approximate surface area is 208 Å². The Kier molecular flexibility index (Phi) is 5.94. The molecular weight excluding hydrogens is 465 g/mol. The number of hydrogen-bond acceptors (Lipinski definition) is 6. The van der Waals surface area contributed by atoms with Gasteiger partial charge in [-0.3, -0.25) is 14.6 Å². The Morgan fingerprint density at radius 2 is 1.67 bits per heavy atom. The largest absolute Gasteiger partial charge is 0.493 e. The van der Waals surface area contributed by atoms with Crippen LogP contribution < -0.4 is 24.8 Å². The number of aromatic nitrogens is 1. The molecule has 2 amide bonds. The van der Waals surface area contributed by atoms with Crippen molar-refractivity contribution in [2.75, 3.05) is 19.5 Å². The van der Waals surface area contributed by atoms with Crippen LogP contribution in [0.2, 0.25) is 0 Å². The molecule has 1 aromatic heterocycles. The van der Waals surface area contributed by atoms with Gasteiger partial charge in [0.2, 0.25) is 11.8 Å². The van der Waals surface area contributed by atoms with E-state index in [2.05, 4.69) is 15.6 Å². The number of ether oxygens (including phenoxy) is 3. The molecule has 0 aliphatic heterocycles. The number of hydrogen-bond donors (Lipinski definition) is 2. The van der Waals surface area contributed by atoms with E-state index in [0.717, 1.165) is 12.8 Å². The van der Waals surface area contributed by atoms with E-state index in [-0.39, 0.29) is 29.3 Å². The van der Waals surface area contributed by atoms with Crippen molar-refractivity contribution in [3.63, 3.8) is 0 Å². The Hall–Kier alpha value is -3.88. The van der Waals surface area contributed by atoms with Gasteiger partial charge >= 0.3 is 0 Å². The van der Waals surface area contributed by atoms with Gasteiger partial charge in [0.05, 0.1) is 37.3 Å². The van der Waals surface area contributed by atoms with Gasteiger partial charge in [-0.1, -0.05) is 13.8 Å². The molecule has 0 saturated heterocycles. The molecule has 9 heteroatoms. The number of benzene rings is 2. The summed E-state index contributed by atoms with van der Waals surface area (Å²) in [6, 6.07) is 9.60. The van der Waals surface area contributed by atoms with Crippen molar-refractivity contribution in [2.45, 2.75) is 32.7 Å². The van der Waals surface area contributed by atoms with Crippen LogP contribution in [0.3, 0.4) is 0 Å². The third kappa shape index (κ3) is 4.41. The molecule has 2 aliphatic carbocycles. The topological polar surface area (TPSA) is 98.8 Å². The van der Waals surface area contributed by atoms with Crippen molar-refractivity contribution in [3.05, 3.63) is 48.4 Å². The molecule has 3 aromatic rings. The van der Waals surface area contributed by atoms with Gasteiger partial charge in [0, 0.05) is 29.8 Å². The number of carbonyl (C=O) groups excluding carboxylic acids is 2. The molecular formula is C27H28FN3O5. The molecule has 2 fully saturated rings. The van der Waals surface area contributed by atoms with E-state index in [4.69, 9.17) is 14.2 Å². The van der Waals surface area contributed by atoms with E-state index in [1.54, 1.807) is 37.6 Å². The van der Waals surface area contributed by atoms with E-state index in [9.17, 15) is 14.0 Å². The second kappa shape index (κ2) is 8.96. The monoisotopic (exact) mass is 493 g/mol. The van der Waals surface area contributed by atoms with Gasteiger partial charge in [0.15, 0.2) is 11.5 Å². The number of rotatable bonds is 8. The highest BCUT2D eigenvalue weighted by atomic mass is 19.1. The number of nitrogens with one attached hydrogen (secondary N) is 2. The first-order valence-electron chi connectivity index (χ1n) is 11.8. The van der Waals surface area contributed by atoms with Gasteiger partial charge in [-0.05, 0) is 42.5 Å². The van der Waals surface area contributed by atoms with Crippen LogP contribution in [-0.4, -0.2) is 37.1 Å². The lowest BCUT2D eigenvalue weighted by Crippen LogP contribution is -2.29. The van der Waals surface area contributed by atoms with Crippen molar-refractivity contribution in [2.24, 2.45) is 17.3 Å². The van der Waals surface area contributed by atoms with Crippen molar-refractivity contribution in [1.82, 2.24) is 10.3 Å². The summed E-state index contributed by atoms with van der Waals surface area (Å²) < 4.78 is 31.6. The Balaban J connectivity index is 1.31. The fourth-order valence-electron chi connectivity index (χ4n) is 4.67. The minimum absolute atomic E-state index is 0.0300. The summed E-state index contributed by atoms with van der Waals surface area (Å²) in [5, 5.41) is 6.27. The first kappa shape index (κ1) is 23.8. The number of amides is 2. The summed E-state index contributed by atoms with van der Waals surface area (Å²) in [4.78, 5) is 29.7. The molecule has 0 bridgehead atoms. The van der Waals surface area contributed by atoms with Crippen molar-refractivity contribution >= 4 is 28.4 Å². The number of carbonyl (C=O) groups is 2. The third-order valence-electron chi connectivity index (χ3n) is 6.95. The predicted molar refractivity (Wildman–Crippen MR) is 132 cm³/mol. The Morgan fingerprint density at radius 3 is 2.33 bits per heavy atom. The summed E-state index contributed by atoms with van der Waals surface area (Å²) >= 11 is 0. The zero-order valence-electron chi connectivity index (χ0n) is 20.6. The smallest absolute Gasteiger partial charge is 0.228 e. The molecule has 8 nitrogen and oxygen atoms in total. The molecule has 1 heterocycles. The van der Waals surface area contributed by atoms with Crippen molar-refractivity contribution < 1.29 is 28.2 Å². The Bertz CT molecular complexity index is 1350. The van der Waals surface area contributed by atoms with Crippen molar-refractivity contribution in [1.29, 1.82) is 0 Å². The SMILES string of the molecule is COc1cc2nccc(Oc3ccc(NC(=O)[C@@H]4[C@H](C(=O)NC5CC5)C4(C)C)c(F)c3)c2cc1OC. The van der Waals surface area contributed by atoms with E-state index >= 15 is 0 Å². The lowest BCUT2D eigenvalue weighted by molar-refractivity contribution is -0.125. The van der Waals surface area contributed by atoms with Gasteiger partial charge in [-0.15, -0.1) is 0 Å². The summed E-state index contributed by atoms with van der Waals surface area (Å²) in [5.74, 6) is -0.291. The van der Waals surface area contributed by atoms with E-state index in [1.165, 1.54) is 19.2 Å². The molecule has 0 unspecified atom stereocenters. The van der Waals surface area contributed by atoms with Gasteiger partial charge < -0.3 is 24.8 Å². The second-order valence-electron chi connectivity index (χ2n) is 9.83. The van der Waals surface area contributed by atoms with E-state index < -0.39 is 23.1 Å². The molecule has 188 valence electrons. The molecule has 0 spiro atoms. The van der Waals surface area contributed by atoms with Crippen LogP contribution in [0.1, 0.15) is 26.7 Å². The summed E-state index contributed by atoms with van der Waals surface area (Å²) in [7, 11) is 3.08. The van der Waals surface area contributed by atoms with Crippen LogP contribution in [0.15, 0.2) is 42.6 Å². The highest BCUT2D eigenvalue weighted by molar-refractivity contribution is 6.01. The first-order valence-corrected chi connectivity index (χ1v) is 11.8. The first-order chi connectivity index (χ1) is 17.2. The third-order valence-corrected chi connectivity index (χ3v) is 6.95. The Morgan fingerprint density at radius 1 is 0.972 bits per heavy atom. The normalized spacial score (nSPS) is 19.9. The number of anilines is 1.